The molecule has 1 aromatic heterocycles. The van der Waals surface area contributed by atoms with Crippen LogP contribution in [0.3, 0.4) is 0 Å². The lowest BCUT2D eigenvalue weighted by Crippen LogP contribution is -2.30. The van der Waals surface area contributed by atoms with Crippen LogP contribution in [-0.4, -0.2) is 22.3 Å². The Kier molecular flexibility index (Phi) is 4.07. The highest BCUT2D eigenvalue weighted by molar-refractivity contribution is 5.92. The second-order valence-corrected chi connectivity index (χ2v) is 4.02. The first-order chi connectivity index (χ1) is 8.81. The molecule has 1 amide bonds. The van der Waals surface area contributed by atoms with E-state index >= 15 is 0 Å². The molecule has 0 unspecified atom stereocenters. The van der Waals surface area contributed by atoms with Crippen molar-refractivity contribution in [3.63, 3.8) is 0 Å². The van der Waals surface area contributed by atoms with E-state index in [4.69, 9.17) is 0 Å². The van der Waals surface area contributed by atoms with E-state index in [1.807, 2.05) is 49.4 Å². The van der Waals surface area contributed by atoms with Crippen LogP contribution in [0.1, 0.15) is 23.0 Å². The number of amides is 1. The minimum absolute atomic E-state index is 0.0260. The molecule has 0 saturated carbocycles. The van der Waals surface area contributed by atoms with Gasteiger partial charge in [0.25, 0.3) is 5.91 Å². The van der Waals surface area contributed by atoms with Gasteiger partial charge in [0.1, 0.15) is 5.69 Å². The molecule has 1 heterocycles. The Morgan fingerprint density at radius 3 is 2.44 bits per heavy atom. The Bertz CT molecular complexity index is 496. The molecule has 3 nitrogen and oxygen atoms in total. The van der Waals surface area contributed by atoms with Crippen LogP contribution < -0.4 is 0 Å². The number of rotatable bonds is 4. The number of hydrogen-bond donors (Lipinski definition) is 0. The smallest absolute Gasteiger partial charge is 0.272 e. The third kappa shape index (κ3) is 2.94. The zero-order chi connectivity index (χ0) is 12.8. The summed E-state index contributed by atoms with van der Waals surface area (Å²) in [4.78, 5) is 18.1. The summed E-state index contributed by atoms with van der Waals surface area (Å²) in [5, 5.41) is 0. The molecule has 18 heavy (non-hydrogen) atoms. The Labute approximate surface area is 107 Å². The zero-order valence-electron chi connectivity index (χ0n) is 10.4. The van der Waals surface area contributed by atoms with Gasteiger partial charge in [-0.25, -0.2) is 0 Å². The van der Waals surface area contributed by atoms with Gasteiger partial charge >= 0.3 is 0 Å². The molecule has 0 fully saturated rings. The van der Waals surface area contributed by atoms with Gasteiger partial charge in [0.2, 0.25) is 0 Å². The van der Waals surface area contributed by atoms with Gasteiger partial charge in [0.05, 0.1) is 0 Å². The monoisotopic (exact) mass is 240 g/mol. The first kappa shape index (κ1) is 12.3. The Balaban J connectivity index is 2.12. The molecule has 0 spiro atoms. The van der Waals surface area contributed by atoms with Gasteiger partial charge in [-0.2, -0.15) is 0 Å². The van der Waals surface area contributed by atoms with Crippen molar-refractivity contribution in [2.45, 2.75) is 13.5 Å². The van der Waals surface area contributed by atoms with Gasteiger partial charge in [-0.1, -0.05) is 36.4 Å². The summed E-state index contributed by atoms with van der Waals surface area (Å²) in [6.45, 7) is 3.26. The van der Waals surface area contributed by atoms with Crippen molar-refractivity contribution in [3.05, 3.63) is 66.0 Å². The van der Waals surface area contributed by atoms with E-state index in [1.54, 1.807) is 17.2 Å². The molecular formula is C15H16N2O. The van der Waals surface area contributed by atoms with E-state index in [2.05, 4.69) is 4.98 Å². The van der Waals surface area contributed by atoms with Crippen LogP contribution in [0.2, 0.25) is 0 Å². The number of benzene rings is 1. The molecule has 0 N–H and O–H groups in total. The molecule has 92 valence electrons. The Hall–Kier alpha value is -2.16. The second kappa shape index (κ2) is 5.96. The average molecular weight is 240 g/mol. The molecule has 0 bridgehead atoms. The highest BCUT2D eigenvalue weighted by Crippen LogP contribution is 2.08. The van der Waals surface area contributed by atoms with E-state index in [9.17, 15) is 4.79 Å². The SMILES string of the molecule is CCN(Cc1ccccc1)C(=O)c1ccccn1. The highest BCUT2D eigenvalue weighted by Gasteiger charge is 2.14. The predicted octanol–water partition coefficient (Wildman–Crippen LogP) is 2.74. The minimum atomic E-state index is -0.0260. The molecule has 0 aliphatic heterocycles. The fourth-order valence-corrected chi connectivity index (χ4v) is 1.78. The normalized spacial score (nSPS) is 10.1. The fourth-order valence-electron chi connectivity index (χ4n) is 1.78. The number of carbonyl (C=O) groups excluding carboxylic acids is 1. The molecule has 2 rings (SSSR count). The van der Waals surface area contributed by atoms with Gasteiger partial charge in [-0.3, -0.25) is 9.78 Å². The maximum Gasteiger partial charge on any atom is 0.272 e. The van der Waals surface area contributed by atoms with Crippen molar-refractivity contribution in [2.75, 3.05) is 6.54 Å². The number of pyridine rings is 1. The van der Waals surface area contributed by atoms with E-state index in [1.165, 1.54) is 0 Å². The predicted molar refractivity (Wildman–Crippen MR) is 71.1 cm³/mol. The Morgan fingerprint density at radius 2 is 1.83 bits per heavy atom. The van der Waals surface area contributed by atoms with Crippen molar-refractivity contribution in [2.24, 2.45) is 0 Å². The number of aromatic nitrogens is 1. The third-order valence-electron chi connectivity index (χ3n) is 2.77. The largest absolute Gasteiger partial charge is 0.333 e. The van der Waals surface area contributed by atoms with Crippen molar-refractivity contribution in [1.29, 1.82) is 0 Å². The summed E-state index contributed by atoms with van der Waals surface area (Å²) in [5.74, 6) is -0.0260. The van der Waals surface area contributed by atoms with Crippen LogP contribution >= 0.6 is 0 Å². The zero-order valence-corrected chi connectivity index (χ0v) is 10.4. The van der Waals surface area contributed by atoms with Crippen LogP contribution in [0.25, 0.3) is 0 Å². The molecule has 0 aliphatic carbocycles. The summed E-state index contributed by atoms with van der Waals surface area (Å²) in [7, 11) is 0. The van der Waals surface area contributed by atoms with Crippen molar-refractivity contribution >= 4 is 5.91 Å². The molecular weight excluding hydrogens is 224 g/mol. The van der Waals surface area contributed by atoms with Crippen LogP contribution in [0.5, 0.6) is 0 Å². The van der Waals surface area contributed by atoms with E-state index in [0.29, 0.717) is 18.8 Å². The van der Waals surface area contributed by atoms with Gasteiger partial charge in [0, 0.05) is 19.3 Å². The summed E-state index contributed by atoms with van der Waals surface area (Å²) < 4.78 is 0. The lowest BCUT2D eigenvalue weighted by Gasteiger charge is -2.20. The molecule has 0 atom stereocenters. The van der Waals surface area contributed by atoms with Crippen molar-refractivity contribution in [1.82, 2.24) is 9.88 Å². The third-order valence-corrected chi connectivity index (χ3v) is 2.77. The Morgan fingerprint density at radius 1 is 1.11 bits per heavy atom. The summed E-state index contributed by atoms with van der Waals surface area (Å²) in [5.41, 5.74) is 1.62. The number of nitrogens with zero attached hydrogens (tertiary/aromatic N) is 2. The quantitative estimate of drug-likeness (QED) is 0.823. The standard InChI is InChI=1S/C15H16N2O/c1-2-17(12-13-8-4-3-5-9-13)15(18)14-10-6-7-11-16-14/h3-11H,2,12H2,1H3. The van der Waals surface area contributed by atoms with Crippen LogP contribution in [-0.2, 0) is 6.54 Å². The van der Waals surface area contributed by atoms with E-state index < -0.39 is 0 Å². The average Bonchev–Trinajstić information content (AvgIpc) is 2.46. The molecule has 3 heteroatoms. The van der Waals surface area contributed by atoms with Crippen LogP contribution in [0, 0.1) is 0 Å². The fraction of sp³-hybridized carbons (Fsp3) is 0.200. The maximum atomic E-state index is 12.2. The maximum absolute atomic E-state index is 12.2. The lowest BCUT2D eigenvalue weighted by molar-refractivity contribution is 0.0746. The molecule has 1 aromatic carbocycles. The topological polar surface area (TPSA) is 33.2 Å². The van der Waals surface area contributed by atoms with E-state index in [-0.39, 0.29) is 5.91 Å². The summed E-state index contributed by atoms with van der Waals surface area (Å²) >= 11 is 0. The first-order valence-electron chi connectivity index (χ1n) is 6.05. The van der Waals surface area contributed by atoms with E-state index in [0.717, 1.165) is 5.56 Å². The van der Waals surface area contributed by atoms with Gasteiger partial charge < -0.3 is 4.90 Å². The molecule has 0 saturated heterocycles. The van der Waals surface area contributed by atoms with Gasteiger partial charge in [-0.05, 0) is 24.6 Å². The lowest BCUT2D eigenvalue weighted by atomic mass is 10.2. The van der Waals surface area contributed by atoms with Crippen LogP contribution in [0.15, 0.2) is 54.7 Å². The second-order valence-electron chi connectivity index (χ2n) is 4.02. The first-order valence-corrected chi connectivity index (χ1v) is 6.05. The van der Waals surface area contributed by atoms with Crippen LogP contribution in [0.4, 0.5) is 0 Å². The highest BCUT2D eigenvalue weighted by atomic mass is 16.2. The van der Waals surface area contributed by atoms with Crippen molar-refractivity contribution < 1.29 is 4.79 Å². The summed E-state index contributed by atoms with van der Waals surface area (Å²) in [6, 6.07) is 15.4. The molecule has 2 aromatic rings. The minimum Gasteiger partial charge on any atom is -0.333 e. The molecule has 0 aliphatic rings. The molecule has 0 radical (unpaired) electrons. The number of carbonyl (C=O) groups is 1. The van der Waals surface area contributed by atoms with Gasteiger partial charge in [0.15, 0.2) is 0 Å². The van der Waals surface area contributed by atoms with Gasteiger partial charge in [-0.15, -0.1) is 0 Å². The number of hydrogen-bond acceptors (Lipinski definition) is 2. The van der Waals surface area contributed by atoms with Crippen molar-refractivity contribution in [3.8, 4) is 0 Å². The summed E-state index contributed by atoms with van der Waals surface area (Å²) in [6.07, 6.45) is 1.64.